The van der Waals surface area contributed by atoms with Crippen LogP contribution < -0.4 is 10.1 Å². The van der Waals surface area contributed by atoms with Gasteiger partial charge >= 0.3 is 0 Å². The summed E-state index contributed by atoms with van der Waals surface area (Å²) in [6, 6.07) is 11.8. The number of carbonyl (C=O) groups is 1. The predicted molar refractivity (Wildman–Crippen MR) is 73.0 cm³/mol. The molecule has 0 spiro atoms. The molecule has 2 N–H and O–H groups in total. The molecule has 0 radical (unpaired) electrons. The molecule has 0 aromatic heterocycles. The van der Waals surface area contributed by atoms with E-state index in [1.807, 2.05) is 0 Å². The van der Waals surface area contributed by atoms with E-state index >= 15 is 0 Å². The number of nitrogens with one attached hydrogen (secondary N) is 1. The number of ether oxygens (including phenoxy) is 1. The van der Waals surface area contributed by atoms with Crippen molar-refractivity contribution in [3.05, 3.63) is 59.9 Å². The van der Waals surface area contributed by atoms with Crippen LogP contribution in [0.1, 0.15) is 11.7 Å². The van der Waals surface area contributed by atoms with E-state index in [0.717, 1.165) is 0 Å². The molecule has 2 rings (SSSR count). The first-order valence-electron chi connectivity index (χ1n) is 5.98. The summed E-state index contributed by atoms with van der Waals surface area (Å²) in [6.45, 7) is 0. The van der Waals surface area contributed by atoms with E-state index in [2.05, 4.69) is 5.32 Å². The molecule has 1 unspecified atom stereocenters. The van der Waals surface area contributed by atoms with Gasteiger partial charge in [0.1, 0.15) is 11.6 Å². The van der Waals surface area contributed by atoms with Crippen LogP contribution in [0, 0.1) is 5.82 Å². The normalized spacial score (nSPS) is 11.8. The molecule has 0 aliphatic carbocycles. The number of carbonyl (C=O) groups excluding carboxylic acids is 1. The molecule has 2 aromatic carbocycles. The third-order valence-electron chi connectivity index (χ3n) is 2.79. The van der Waals surface area contributed by atoms with Gasteiger partial charge in [-0.2, -0.15) is 0 Å². The molecule has 20 heavy (non-hydrogen) atoms. The van der Waals surface area contributed by atoms with E-state index in [0.29, 0.717) is 17.0 Å². The molecule has 0 heterocycles. The van der Waals surface area contributed by atoms with Crippen molar-refractivity contribution in [3.63, 3.8) is 0 Å². The van der Waals surface area contributed by atoms with Crippen molar-refractivity contribution in [2.45, 2.75) is 6.10 Å². The van der Waals surface area contributed by atoms with Crippen molar-refractivity contribution in [1.82, 2.24) is 0 Å². The quantitative estimate of drug-likeness (QED) is 0.901. The Morgan fingerprint density at radius 3 is 2.30 bits per heavy atom. The summed E-state index contributed by atoms with van der Waals surface area (Å²) in [6.07, 6.45) is -1.35. The van der Waals surface area contributed by atoms with Gasteiger partial charge in [-0.05, 0) is 42.0 Å². The average Bonchev–Trinajstić information content (AvgIpc) is 2.48. The van der Waals surface area contributed by atoms with Gasteiger partial charge in [-0.1, -0.05) is 12.1 Å². The summed E-state index contributed by atoms with van der Waals surface area (Å²) in [7, 11) is 1.55. The van der Waals surface area contributed by atoms with Crippen LogP contribution in [0.5, 0.6) is 5.75 Å². The maximum Gasteiger partial charge on any atom is 0.257 e. The second-order valence-electron chi connectivity index (χ2n) is 4.17. The molecular formula is C15H14FNO3. The summed E-state index contributed by atoms with van der Waals surface area (Å²) in [5, 5.41) is 12.5. The van der Waals surface area contributed by atoms with Crippen molar-refractivity contribution in [2.24, 2.45) is 0 Å². The number of rotatable bonds is 4. The summed E-state index contributed by atoms with van der Waals surface area (Å²) >= 11 is 0. The first-order chi connectivity index (χ1) is 9.60. The SMILES string of the molecule is COc1ccc(NC(=O)C(O)c2ccc(F)cc2)cc1. The van der Waals surface area contributed by atoms with Gasteiger partial charge in [0.05, 0.1) is 7.11 Å². The lowest BCUT2D eigenvalue weighted by Crippen LogP contribution is -2.20. The fourth-order valence-corrected chi connectivity index (χ4v) is 1.68. The zero-order valence-corrected chi connectivity index (χ0v) is 10.8. The highest BCUT2D eigenvalue weighted by molar-refractivity contribution is 5.94. The van der Waals surface area contributed by atoms with E-state index in [1.54, 1.807) is 31.4 Å². The lowest BCUT2D eigenvalue weighted by molar-refractivity contribution is -0.124. The van der Waals surface area contributed by atoms with Crippen molar-refractivity contribution in [1.29, 1.82) is 0 Å². The Kier molecular flexibility index (Phi) is 4.32. The average molecular weight is 275 g/mol. The molecular weight excluding hydrogens is 261 g/mol. The highest BCUT2D eigenvalue weighted by Crippen LogP contribution is 2.18. The van der Waals surface area contributed by atoms with Crippen LogP contribution in [0.2, 0.25) is 0 Å². The van der Waals surface area contributed by atoms with Crippen molar-refractivity contribution in [3.8, 4) is 5.75 Å². The summed E-state index contributed by atoms with van der Waals surface area (Å²) < 4.78 is 17.8. The number of amides is 1. The first-order valence-corrected chi connectivity index (χ1v) is 5.98. The van der Waals surface area contributed by atoms with Gasteiger partial charge in [-0.3, -0.25) is 4.79 Å². The summed E-state index contributed by atoms with van der Waals surface area (Å²) in [5.41, 5.74) is 0.870. The monoisotopic (exact) mass is 275 g/mol. The highest BCUT2D eigenvalue weighted by atomic mass is 19.1. The van der Waals surface area contributed by atoms with E-state index in [-0.39, 0.29) is 0 Å². The van der Waals surface area contributed by atoms with E-state index < -0.39 is 17.8 Å². The second kappa shape index (κ2) is 6.16. The van der Waals surface area contributed by atoms with Crippen LogP contribution in [0.4, 0.5) is 10.1 Å². The Morgan fingerprint density at radius 2 is 1.75 bits per heavy atom. The number of aliphatic hydroxyl groups is 1. The molecule has 0 bridgehead atoms. The number of aliphatic hydroxyl groups excluding tert-OH is 1. The van der Waals surface area contributed by atoms with Crippen LogP contribution in [0.3, 0.4) is 0 Å². The van der Waals surface area contributed by atoms with E-state index in [1.165, 1.54) is 24.3 Å². The van der Waals surface area contributed by atoms with Crippen molar-refractivity contribution >= 4 is 11.6 Å². The largest absolute Gasteiger partial charge is 0.497 e. The predicted octanol–water partition coefficient (Wildman–Crippen LogP) is 2.51. The second-order valence-corrected chi connectivity index (χ2v) is 4.17. The molecule has 0 saturated carbocycles. The number of anilines is 1. The minimum absolute atomic E-state index is 0.331. The van der Waals surface area contributed by atoms with Gasteiger partial charge in [0.25, 0.3) is 5.91 Å². The first kappa shape index (κ1) is 14.0. The van der Waals surface area contributed by atoms with Crippen LogP contribution in [-0.4, -0.2) is 18.1 Å². The molecule has 1 atom stereocenters. The Balaban J connectivity index is 2.05. The Hall–Kier alpha value is -2.40. The minimum atomic E-state index is -1.35. The van der Waals surface area contributed by atoms with Gasteiger partial charge in [0.2, 0.25) is 0 Å². The van der Waals surface area contributed by atoms with E-state index in [4.69, 9.17) is 4.74 Å². The number of hydrogen-bond acceptors (Lipinski definition) is 3. The standard InChI is InChI=1S/C15H14FNO3/c1-20-13-8-6-12(7-9-13)17-15(19)14(18)10-2-4-11(16)5-3-10/h2-9,14,18H,1H3,(H,17,19). The van der Waals surface area contributed by atoms with Crippen molar-refractivity contribution < 1.29 is 19.0 Å². The van der Waals surface area contributed by atoms with Crippen molar-refractivity contribution in [2.75, 3.05) is 12.4 Å². The molecule has 0 aliphatic rings. The molecule has 4 nitrogen and oxygen atoms in total. The minimum Gasteiger partial charge on any atom is -0.497 e. The number of halogens is 1. The van der Waals surface area contributed by atoms with Crippen LogP contribution >= 0.6 is 0 Å². The van der Waals surface area contributed by atoms with Gasteiger partial charge in [0.15, 0.2) is 6.10 Å². The fourth-order valence-electron chi connectivity index (χ4n) is 1.68. The summed E-state index contributed by atoms with van der Waals surface area (Å²) in [4.78, 5) is 11.9. The molecule has 2 aromatic rings. The Bertz CT molecular complexity index is 581. The van der Waals surface area contributed by atoms with Crippen LogP contribution in [-0.2, 0) is 4.79 Å². The van der Waals surface area contributed by atoms with Crippen LogP contribution in [0.15, 0.2) is 48.5 Å². The zero-order valence-electron chi connectivity index (χ0n) is 10.8. The van der Waals surface area contributed by atoms with Crippen LogP contribution in [0.25, 0.3) is 0 Å². The molecule has 5 heteroatoms. The zero-order chi connectivity index (χ0) is 14.5. The maximum atomic E-state index is 12.8. The van der Waals surface area contributed by atoms with Gasteiger partial charge in [-0.25, -0.2) is 4.39 Å². The Morgan fingerprint density at radius 1 is 1.15 bits per heavy atom. The third-order valence-corrected chi connectivity index (χ3v) is 2.79. The lowest BCUT2D eigenvalue weighted by Gasteiger charge is -2.12. The molecule has 0 fully saturated rings. The molecule has 0 saturated heterocycles. The smallest absolute Gasteiger partial charge is 0.257 e. The lowest BCUT2D eigenvalue weighted by atomic mass is 10.1. The fraction of sp³-hybridized carbons (Fsp3) is 0.133. The molecule has 104 valence electrons. The number of methoxy groups -OCH3 is 1. The van der Waals surface area contributed by atoms with Gasteiger partial charge < -0.3 is 15.2 Å². The number of hydrogen-bond donors (Lipinski definition) is 2. The highest BCUT2D eigenvalue weighted by Gasteiger charge is 2.17. The summed E-state index contributed by atoms with van der Waals surface area (Å²) in [5.74, 6) is -0.333. The molecule has 0 aliphatic heterocycles. The Labute approximate surface area is 115 Å². The van der Waals surface area contributed by atoms with Gasteiger partial charge in [-0.15, -0.1) is 0 Å². The van der Waals surface area contributed by atoms with E-state index in [9.17, 15) is 14.3 Å². The number of benzene rings is 2. The molecule has 1 amide bonds. The third kappa shape index (κ3) is 3.33. The van der Waals surface area contributed by atoms with Gasteiger partial charge in [0, 0.05) is 5.69 Å². The topological polar surface area (TPSA) is 58.6 Å². The maximum absolute atomic E-state index is 12.8.